The van der Waals surface area contributed by atoms with E-state index in [1.54, 1.807) is 11.3 Å². The van der Waals surface area contributed by atoms with Crippen LogP contribution >= 0.6 is 27.3 Å². The summed E-state index contributed by atoms with van der Waals surface area (Å²) >= 11 is 5.17. The van der Waals surface area contributed by atoms with Crippen LogP contribution in [0.15, 0.2) is 28.7 Å². The third kappa shape index (κ3) is 1.95. The molecule has 0 spiro atoms. The molecule has 0 unspecified atom stereocenters. The van der Waals surface area contributed by atoms with E-state index in [2.05, 4.69) is 40.2 Å². The van der Waals surface area contributed by atoms with Crippen LogP contribution in [0.4, 0.5) is 0 Å². The third-order valence-electron chi connectivity index (χ3n) is 3.38. The van der Waals surface area contributed by atoms with Crippen LogP contribution in [0.5, 0.6) is 0 Å². The van der Waals surface area contributed by atoms with Crippen LogP contribution in [0.2, 0.25) is 0 Å². The van der Waals surface area contributed by atoms with Gasteiger partial charge in [0.1, 0.15) is 0 Å². The van der Waals surface area contributed by atoms with Gasteiger partial charge in [0.15, 0.2) is 5.78 Å². The van der Waals surface area contributed by atoms with E-state index in [4.69, 9.17) is 0 Å². The maximum absolute atomic E-state index is 11.8. The first-order chi connectivity index (χ1) is 8.69. The van der Waals surface area contributed by atoms with Crippen molar-refractivity contribution in [1.29, 1.82) is 0 Å². The molecule has 0 saturated carbocycles. The maximum atomic E-state index is 11.8. The van der Waals surface area contributed by atoms with Crippen molar-refractivity contribution in [3.8, 4) is 10.4 Å². The molecule has 0 amide bonds. The largest absolute Gasteiger partial charge is 0.293 e. The van der Waals surface area contributed by atoms with Gasteiger partial charge in [-0.25, -0.2) is 0 Å². The molecular formula is C15H13BrOS. The van der Waals surface area contributed by atoms with E-state index in [0.717, 1.165) is 22.2 Å². The summed E-state index contributed by atoms with van der Waals surface area (Å²) < 4.78 is 1.13. The number of hydrogen-bond acceptors (Lipinski definition) is 2. The Morgan fingerprint density at radius 2 is 2.06 bits per heavy atom. The molecule has 3 heteroatoms. The first-order valence-electron chi connectivity index (χ1n) is 6.13. The number of fused-ring (bicyclic) bond motifs is 3. The highest BCUT2D eigenvalue weighted by Gasteiger charge is 2.21. The number of hydrogen-bond donors (Lipinski definition) is 0. The maximum Gasteiger partial charge on any atom is 0.172 e. The van der Waals surface area contributed by atoms with Crippen molar-refractivity contribution in [2.75, 3.05) is 0 Å². The number of Topliss-reactive ketones (excluding diaryl/α,β-unsaturated/α-hetero) is 1. The fraction of sp³-hybridized carbons (Fsp3) is 0.267. The van der Waals surface area contributed by atoms with Crippen molar-refractivity contribution in [3.63, 3.8) is 0 Å². The molecule has 0 saturated heterocycles. The molecular weight excluding hydrogens is 308 g/mol. The molecule has 1 aromatic carbocycles. The minimum atomic E-state index is 0.257. The van der Waals surface area contributed by atoms with E-state index < -0.39 is 0 Å². The quantitative estimate of drug-likeness (QED) is 0.721. The number of carbonyl (C=O) groups excluding carboxylic acids is 1. The van der Waals surface area contributed by atoms with E-state index in [0.29, 0.717) is 6.42 Å². The van der Waals surface area contributed by atoms with Crippen molar-refractivity contribution in [3.05, 3.63) is 44.7 Å². The predicted molar refractivity (Wildman–Crippen MR) is 79.5 cm³/mol. The van der Waals surface area contributed by atoms with Crippen molar-refractivity contribution < 1.29 is 4.79 Å². The summed E-state index contributed by atoms with van der Waals surface area (Å²) in [5.74, 6) is 0.257. The summed E-state index contributed by atoms with van der Waals surface area (Å²) in [6, 6.07) is 8.53. The topological polar surface area (TPSA) is 17.1 Å². The second-order valence-corrected chi connectivity index (χ2v) is 6.51. The van der Waals surface area contributed by atoms with Gasteiger partial charge in [-0.15, -0.1) is 11.3 Å². The van der Waals surface area contributed by atoms with E-state index in [1.165, 1.54) is 21.6 Å². The SMILES string of the molecule is CCC(=O)c1cc2c(s1)-c1ccc(Br)cc1CC2. The van der Waals surface area contributed by atoms with Gasteiger partial charge >= 0.3 is 0 Å². The zero-order valence-electron chi connectivity index (χ0n) is 10.1. The van der Waals surface area contributed by atoms with E-state index >= 15 is 0 Å². The number of benzene rings is 1. The summed E-state index contributed by atoms with van der Waals surface area (Å²) in [7, 11) is 0. The molecule has 0 N–H and O–H groups in total. The lowest BCUT2D eigenvalue weighted by Crippen LogP contribution is -2.00. The zero-order valence-corrected chi connectivity index (χ0v) is 12.5. The number of carbonyl (C=O) groups is 1. The Morgan fingerprint density at radius 1 is 1.28 bits per heavy atom. The molecule has 3 rings (SSSR count). The standard InChI is InChI=1S/C15H13BrOS/c1-2-13(17)14-8-10-4-3-9-7-11(16)5-6-12(9)15(10)18-14/h5-8H,2-4H2,1H3. The van der Waals surface area contributed by atoms with Crippen molar-refractivity contribution in [2.45, 2.75) is 26.2 Å². The summed E-state index contributed by atoms with van der Waals surface area (Å²) in [4.78, 5) is 14.0. The molecule has 0 atom stereocenters. The fourth-order valence-electron chi connectivity index (χ4n) is 2.41. The molecule has 1 aromatic heterocycles. The fourth-order valence-corrected chi connectivity index (χ4v) is 4.10. The Balaban J connectivity index is 2.12. The highest BCUT2D eigenvalue weighted by Crippen LogP contribution is 2.40. The van der Waals surface area contributed by atoms with Crippen LogP contribution in [0.25, 0.3) is 10.4 Å². The van der Waals surface area contributed by atoms with Gasteiger partial charge in [-0.3, -0.25) is 4.79 Å². The Labute approximate surface area is 119 Å². The van der Waals surface area contributed by atoms with Gasteiger partial charge in [0, 0.05) is 15.8 Å². The van der Waals surface area contributed by atoms with Crippen LogP contribution < -0.4 is 0 Å². The third-order valence-corrected chi connectivity index (χ3v) is 5.13. The average molecular weight is 321 g/mol. The normalized spacial score (nSPS) is 13.0. The summed E-state index contributed by atoms with van der Waals surface area (Å²) in [5.41, 5.74) is 4.03. The van der Waals surface area contributed by atoms with Crippen molar-refractivity contribution in [1.82, 2.24) is 0 Å². The number of rotatable bonds is 2. The Kier molecular flexibility index (Phi) is 3.12. The van der Waals surface area contributed by atoms with Crippen molar-refractivity contribution >= 4 is 33.0 Å². The van der Waals surface area contributed by atoms with Crippen LogP contribution in [0.1, 0.15) is 34.1 Å². The van der Waals surface area contributed by atoms with Crippen LogP contribution in [-0.2, 0) is 12.8 Å². The number of thiophene rings is 1. The minimum Gasteiger partial charge on any atom is -0.293 e. The smallest absolute Gasteiger partial charge is 0.172 e. The lowest BCUT2D eigenvalue weighted by Gasteiger charge is -2.16. The second kappa shape index (κ2) is 4.63. The highest BCUT2D eigenvalue weighted by atomic mass is 79.9. The molecule has 0 fully saturated rings. The van der Waals surface area contributed by atoms with Gasteiger partial charge in [-0.05, 0) is 47.7 Å². The van der Waals surface area contributed by atoms with Crippen LogP contribution in [0, 0.1) is 0 Å². The minimum absolute atomic E-state index is 0.257. The lowest BCUT2D eigenvalue weighted by atomic mass is 9.91. The molecule has 0 bridgehead atoms. The first-order valence-corrected chi connectivity index (χ1v) is 7.74. The zero-order chi connectivity index (χ0) is 12.7. The molecule has 2 aromatic rings. The van der Waals surface area contributed by atoms with E-state index in [9.17, 15) is 4.79 Å². The molecule has 1 heterocycles. The van der Waals surface area contributed by atoms with Gasteiger partial charge in [-0.2, -0.15) is 0 Å². The number of aryl methyl sites for hydroxylation is 2. The molecule has 1 nitrogen and oxygen atoms in total. The summed E-state index contributed by atoms with van der Waals surface area (Å²) in [6.07, 6.45) is 2.71. The molecule has 92 valence electrons. The number of halogens is 1. The highest BCUT2D eigenvalue weighted by molar-refractivity contribution is 9.10. The average Bonchev–Trinajstić information content (AvgIpc) is 2.81. The van der Waals surface area contributed by atoms with Gasteiger partial charge in [0.2, 0.25) is 0 Å². The van der Waals surface area contributed by atoms with Crippen LogP contribution in [0.3, 0.4) is 0 Å². The van der Waals surface area contributed by atoms with Gasteiger partial charge in [-0.1, -0.05) is 28.9 Å². The molecule has 0 aliphatic heterocycles. The predicted octanol–water partition coefficient (Wildman–Crippen LogP) is 4.87. The summed E-state index contributed by atoms with van der Waals surface area (Å²) in [5, 5.41) is 0. The lowest BCUT2D eigenvalue weighted by molar-refractivity contribution is 0.0992. The van der Waals surface area contributed by atoms with Gasteiger partial charge in [0.25, 0.3) is 0 Å². The molecule has 1 aliphatic rings. The molecule has 1 aliphatic carbocycles. The Bertz CT molecular complexity index is 627. The van der Waals surface area contributed by atoms with E-state index in [1.807, 2.05) is 6.92 Å². The van der Waals surface area contributed by atoms with Gasteiger partial charge in [0.05, 0.1) is 4.88 Å². The second-order valence-electron chi connectivity index (χ2n) is 4.54. The van der Waals surface area contributed by atoms with E-state index in [-0.39, 0.29) is 5.78 Å². The molecule has 0 radical (unpaired) electrons. The summed E-state index contributed by atoms with van der Waals surface area (Å²) in [6.45, 7) is 1.92. The van der Waals surface area contributed by atoms with Crippen LogP contribution in [-0.4, -0.2) is 5.78 Å². The number of ketones is 1. The Morgan fingerprint density at radius 3 is 2.83 bits per heavy atom. The van der Waals surface area contributed by atoms with Crippen molar-refractivity contribution in [2.24, 2.45) is 0 Å². The van der Waals surface area contributed by atoms with Gasteiger partial charge < -0.3 is 0 Å². The monoisotopic (exact) mass is 320 g/mol. The first kappa shape index (κ1) is 12.1. The Hall–Kier alpha value is -0.930. The molecule has 18 heavy (non-hydrogen) atoms.